The molecule has 0 amide bonds. The minimum atomic E-state index is -1.10. The third-order valence-electron chi connectivity index (χ3n) is 2.06. The van der Waals surface area contributed by atoms with Crippen LogP contribution in [0, 0.1) is 0 Å². The molecular formula is C7H7FN2O2. The lowest BCUT2D eigenvalue weighted by molar-refractivity contribution is 0.0689. The van der Waals surface area contributed by atoms with E-state index in [-0.39, 0.29) is 5.69 Å². The summed E-state index contributed by atoms with van der Waals surface area (Å²) in [6.45, 7) is 0. The van der Waals surface area contributed by atoms with Gasteiger partial charge in [-0.05, 0) is 12.8 Å². The number of hydrogen-bond donors (Lipinski definition) is 2. The van der Waals surface area contributed by atoms with Crippen LogP contribution in [0.5, 0.6) is 0 Å². The second-order valence-electron chi connectivity index (χ2n) is 2.78. The standard InChI is InChI=1S/C7H7FN2O2/c8-4-2-1-3-5(4)9-10-6(3)7(11)12/h4H,1-2H2,(H,9,10)(H,11,12). The zero-order valence-electron chi connectivity index (χ0n) is 6.17. The van der Waals surface area contributed by atoms with Crippen molar-refractivity contribution in [2.24, 2.45) is 0 Å². The molecule has 0 saturated carbocycles. The van der Waals surface area contributed by atoms with Crippen LogP contribution in [0.15, 0.2) is 0 Å². The van der Waals surface area contributed by atoms with E-state index in [4.69, 9.17) is 5.11 Å². The Morgan fingerprint density at radius 2 is 2.50 bits per heavy atom. The molecule has 0 aliphatic heterocycles. The number of alkyl halides is 1. The van der Waals surface area contributed by atoms with Crippen LogP contribution >= 0.6 is 0 Å². The number of aromatic nitrogens is 2. The number of aromatic amines is 1. The van der Waals surface area contributed by atoms with Crippen molar-refractivity contribution >= 4 is 5.97 Å². The molecule has 5 heteroatoms. The molecule has 1 aliphatic rings. The normalized spacial score (nSPS) is 20.9. The molecular weight excluding hydrogens is 163 g/mol. The lowest BCUT2D eigenvalue weighted by Crippen LogP contribution is -2.00. The van der Waals surface area contributed by atoms with E-state index in [1.807, 2.05) is 0 Å². The van der Waals surface area contributed by atoms with Gasteiger partial charge in [0.15, 0.2) is 5.69 Å². The first-order valence-electron chi connectivity index (χ1n) is 3.64. The fraction of sp³-hybridized carbons (Fsp3) is 0.429. The first kappa shape index (κ1) is 7.27. The number of nitrogens with one attached hydrogen (secondary N) is 1. The molecule has 1 atom stereocenters. The molecule has 4 nitrogen and oxygen atoms in total. The summed E-state index contributed by atoms with van der Waals surface area (Å²) in [6, 6.07) is 0. The van der Waals surface area contributed by atoms with Gasteiger partial charge in [0.25, 0.3) is 0 Å². The highest BCUT2D eigenvalue weighted by atomic mass is 19.1. The highest BCUT2D eigenvalue weighted by Crippen LogP contribution is 2.33. The molecule has 0 radical (unpaired) electrons. The first-order valence-corrected chi connectivity index (χ1v) is 3.64. The summed E-state index contributed by atoms with van der Waals surface area (Å²) in [5.41, 5.74) is 0.826. The number of aromatic carboxylic acids is 1. The Balaban J connectivity index is 2.49. The lowest BCUT2D eigenvalue weighted by Gasteiger charge is -1.91. The minimum Gasteiger partial charge on any atom is -0.476 e. The van der Waals surface area contributed by atoms with E-state index in [1.54, 1.807) is 0 Å². The maximum atomic E-state index is 12.9. The number of carbonyl (C=O) groups is 1. The van der Waals surface area contributed by atoms with Crippen LogP contribution < -0.4 is 0 Å². The third kappa shape index (κ3) is 0.823. The molecule has 0 saturated heterocycles. The molecule has 0 fully saturated rings. The predicted molar refractivity (Wildman–Crippen MR) is 37.7 cm³/mol. The zero-order chi connectivity index (χ0) is 8.72. The smallest absolute Gasteiger partial charge is 0.356 e. The highest BCUT2D eigenvalue weighted by molar-refractivity contribution is 5.87. The monoisotopic (exact) mass is 170 g/mol. The number of carboxylic acids is 1. The van der Waals surface area contributed by atoms with E-state index in [1.165, 1.54) is 0 Å². The maximum absolute atomic E-state index is 12.9. The van der Waals surface area contributed by atoms with Crippen molar-refractivity contribution in [3.63, 3.8) is 0 Å². The summed E-state index contributed by atoms with van der Waals surface area (Å²) in [6.07, 6.45) is -0.237. The van der Waals surface area contributed by atoms with Gasteiger partial charge in [0.2, 0.25) is 0 Å². The van der Waals surface area contributed by atoms with Crippen molar-refractivity contribution in [2.45, 2.75) is 19.0 Å². The van der Waals surface area contributed by atoms with Gasteiger partial charge in [-0.3, -0.25) is 5.10 Å². The molecule has 12 heavy (non-hydrogen) atoms. The van der Waals surface area contributed by atoms with Crippen LogP contribution in [0.3, 0.4) is 0 Å². The number of fused-ring (bicyclic) bond motifs is 1. The third-order valence-corrected chi connectivity index (χ3v) is 2.06. The van der Waals surface area contributed by atoms with Gasteiger partial charge in [-0.2, -0.15) is 5.10 Å². The first-order chi connectivity index (χ1) is 5.70. The van der Waals surface area contributed by atoms with Gasteiger partial charge in [-0.25, -0.2) is 9.18 Å². The van der Waals surface area contributed by atoms with Crippen LogP contribution in [0.4, 0.5) is 4.39 Å². The molecule has 1 heterocycles. The molecule has 2 rings (SSSR count). The van der Waals surface area contributed by atoms with Crippen molar-refractivity contribution in [1.82, 2.24) is 10.2 Å². The zero-order valence-corrected chi connectivity index (χ0v) is 6.17. The summed E-state index contributed by atoms with van der Waals surface area (Å²) in [5.74, 6) is -1.10. The van der Waals surface area contributed by atoms with E-state index in [0.717, 1.165) is 0 Å². The van der Waals surface area contributed by atoms with E-state index in [0.29, 0.717) is 24.1 Å². The van der Waals surface area contributed by atoms with Crippen LogP contribution in [-0.4, -0.2) is 21.3 Å². The van der Waals surface area contributed by atoms with Gasteiger partial charge >= 0.3 is 5.97 Å². The van der Waals surface area contributed by atoms with E-state index < -0.39 is 12.1 Å². The number of rotatable bonds is 1. The molecule has 1 aromatic rings. The molecule has 0 aromatic carbocycles. The van der Waals surface area contributed by atoms with Gasteiger partial charge < -0.3 is 5.11 Å². The Kier molecular flexibility index (Phi) is 1.39. The van der Waals surface area contributed by atoms with E-state index >= 15 is 0 Å². The van der Waals surface area contributed by atoms with Crippen molar-refractivity contribution in [3.05, 3.63) is 17.0 Å². The van der Waals surface area contributed by atoms with Gasteiger partial charge in [0.1, 0.15) is 6.17 Å². The maximum Gasteiger partial charge on any atom is 0.356 e. The van der Waals surface area contributed by atoms with Gasteiger partial charge in [0, 0.05) is 5.56 Å². The molecule has 2 N–H and O–H groups in total. The summed E-state index contributed by atoms with van der Waals surface area (Å²) in [4.78, 5) is 10.5. The number of nitrogens with zero attached hydrogens (tertiary/aromatic N) is 1. The SMILES string of the molecule is O=C(O)c1n[nH]c2c1CCC2F. The van der Waals surface area contributed by atoms with Crippen LogP contribution in [0.2, 0.25) is 0 Å². The molecule has 0 bridgehead atoms. The molecule has 1 aliphatic carbocycles. The van der Waals surface area contributed by atoms with Gasteiger partial charge in [-0.15, -0.1) is 0 Å². The van der Waals surface area contributed by atoms with Gasteiger partial charge in [0.05, 0.1) is 5.69 Å². The average molecular weight is 170 g/mol. The van der Waals surface area contributed by atoms with Crippen molar-refractivity contribution < 1.29 is 14.3 Å². The van der Waals surface area contributed by atoms with E-state index in [9.17, 15) is 9.18 Å². The Hall–Kier alpha value is -1.39. The largest absolute Gasteiger partial charge is 0.476 e. The topological polar surface area (TPSA) is 66.0 Å². The fourth-order valence-electron chi connectivity index (χ4n) is 1.48. The minimum absolute atomic E-state index is 0.0369. The van der Waals surface area contributed by atoms with E-state index in [2.05, 4.69) is 10.2 Å². The quantitative estimate of drug-likeness (QED) is 0.662. The van der Waals surface area contributed by atoms with Crippen LogP contribution in [-0.2, 0) is 6.42 Å². The second kappa shape index (κ2) is 2.30. The number of halogens is 1. The Labute approximate surface area is 67.4 Å². The molecule has 64 valence electrons. The highest BCUT2D eigenvalue weighted by Gasteiger charge is 2.29. The van der Waals surface area contributed by atoms with Crippen LogP contribution in [0.1, 0.15) is 34.3 Å². The Morgan fingerprint density at radius 3 is 3.17 bits per heavy atom. The second-order valence-corrected chi connectivity index (χ2v) is 2.78. The Morgan fingerprint density at radius 1 is 1.75 bits per heavy atom. The fourth-order valence-corrected chi connectivity index (χ4v) is 1.48. The number of hydrogen-bond acceptors (Lipinski definition) is 2. The molecule has 0 spiro atoms. The van der Waals surface area contributed by atoms with Crippen molar-refractivity contribution in [1.29, 1.82) is 0 Å². The van der Waals surface area contributed by atoms with Crippen LogP contribution in [0.25, 0.3) is 0 Å². The van der Waals surface area contributed by atoms with Crippen molar-refractivity contribution in [3.8, 4) is 0 Å². The Bertz CT molecular complexity index is 334. The number of H-pyrrole nitrogens is 1. The summed E-state index contributed by atoms with van der Waals surface area (Å²) in [7, 11) is 0. The number of carboxylic acid groups (broad SMARTS) is 1. The molecule has 1 unspecified atom stereocenters. The summed E-state index contributed by atoms with van der Waals surface area (Å²) < 4.78 is 12.9. The van der Waals surface area contributed by atoms with Gasteiger partial charge in [-0.1, -0.05) is 0 Å². The average Bonchev–Trinajstić information content (AvgIpc) is 2.53. The van der Waals surface area contributed by atoms with Crippen molar-refractivity contribution in [2.75, 3.05) is 0 Å². The summed E-state index contributed by atoms with van der Waals surface area (Å²) >= 11 is 0. The lowest BCUT2D eigenvalue weighted by atomic mass is 10.2. The molecule has 1 aromatic heterocycles. The predicted octanol–water partition coefficient (Wildman–Crippen LogP) is 1.06. The summed E-state index contributed by atoms with van der Waals surface area (Å²) in [5, 5.41) is 14.6.